The number of aliphatic hydroxyl groups excluding tert-OH is 6. The van der Waals surface area contributed by atoms with Crippen molar-refractivity contribution in [3.05, 3.63) is 0 Å². The summed E-state index contributed by atoms with van der Waals surface area (Å²) in [5.41, 5.74) is 7.88. The Labute approximate surface area is 128 Å². The van der Waals surface area contributed by atoms with Gasteiger partial charge in [-0.25, -0.2) is 0 Å². The van der Waals surface area contributed by atoms with Crippen LogP contribution in [0.4, 0.5) is 0 Å². The molecular formula is C8H22Cl2N2O6Pt. The predicted octanol–water partition coefficient (Wildman–Crippen LogP) is -3.30. The molecule has 0 radical (unpaired) electrons. The number of aliphatic hydroxyl groups is 6. The average Bonchev–Trinajstić information content (AvgIpc) is 2.47. The Morgan fingerprint density at radius 2 is 0.737 bits per heavy atom. The first-order valence-electron chi connectivity index (χ1n) is 4.84. The first kappa shape index (κ1) is 24.9. The van der Waals surface area contributed by atoms with E-state index in [1.54, 1.807) is 0 Å². The van der Waals surface area contributed by atoms with E-state index >= 15 is 0 Å². The van der Waals surface area contributed by atoms with Crippen LogP contribution < -0.4 is 11.5 Å². The van der Waals surface area contributed by atoms with Crippen molar-refractivity contribution in [2.24, 2.45) is 11.5 Å². The quantitative estimate of drug-likeness (QED) is 0.184. The van der Waals surface area contributed by atoms with E-state index in [4.69, 9.17) is 60.9 Å². The summed E-state index contributed by atoms with van der Waals surface area (Å²) in [4.78, 5) is 0. The molecule has 0 bridgehead atoms. The van der Waals surface area contributed by atoms with Crippen LogP contribution in [-0.2, 0) is 16.5 Å². The summed E-state index contributed by atoms with van der Waals surface area (Å²) in [6, 6.07) is 0. The molecule has 0 aromatic heterocycles. The Bertz CT molecular complexity index is 152. The van der Waals surface area contributed by atoms with E-state index in [1.807, 2.05) is 0 Å². The van der Waals surface area contributed by atoms with Crippen molar-refractivity contribution in [2.75, 3.05) is 39.6 Å². The van der Waals surface area contributed by atoms with Crippen molar-refractivity contribution in [3.8, 4) is 0 Å². The summed E-state index contributed by atoms with van der Waals surface area (Å²) < 4.78 is 0. The van der Waals surface area contributed by atoms with Gasteiger partial charge in [0.25, 0.3) is 0 Å². The molecule has 10 N–H and O–H groups in total. The fourth-order valence-corrected chi connectivity index (χ4v) is 0.300. The van der Waals surface area contributed by atoms with Crippen LogP contribution in [0.25, 0.3) is 0 Å². The van der Waals surface area contributed by atoms with Crippen LogP contribution in [0.5, 0.6) is 0 Å². The molecule has 0 spiro atoms. The molecule has 19 heavy (non-hydrogen) atoms. The fourth-order valence-electron chi connectivity index (χ4n) is 0.300. The second kappa shape index (κ2) is 15.3. The van der Waals surface area contributed by atoms with Crippen LogP contribution in [-0.4, -0.2) is 81.4 Å². The third-order valence-corrected chi connectivity index (χ3v) is 1.89. The molecule has 0 unspecified atom stereocenters. The normalized spacial score (nSPS) is 11.3. The Morgan fingerprint density at radius 3 is 0.737 bits per heavy atom. The second-order valence-corrected chi connectivity index (χ2v) is 7.00. The van der Waals surface area contributed by atoms with E-state index < -0.39 is 67.2 Å². The molecule has 0 amide bonds. The van der Waals surface area contributed by atoms with Gasteiger partial charge in [0.2, 0.25) is 0 Å². The van der Waals surface area contributed by atoms with E-state index in [-0.39, 0.29) is 0 Å². The molecule has 0 aromatic carbocycles. The van der Waals surface area contributed by atoms with Crippen molar-refractivity contribution in [2.45, 2.75) is 11.1 Å². The van der Waals surface area contributed by atoms with E-state index in [0.717, 1.165) is 0 Å². The van der Waals surface area contributed by atoms with Gasteiger partial charge >= 0.3 is 35.3 Å². The Hall–Kier alpha value is 0.948. The van der Waals surface area contributed by atoms with Crippen molar-refractivity contribution in [3.63, 3.8) is 0 Å². The Morgan fingerprint density at radius 1 is 0.632 bits per heavy atom. The minimum atomic E-state index is -1.21. The van der Waals surface area contributed by atoms with Gasteiger partial charge in [0.1, 0.15) is 0 Å². The molecule has 0 aliphatic heterocycles. The molecular weight excluding hydrogens is 486 g/mol. The predicted molar refractivity (Wildman–Crippen MR) is 68.1 cm³/mol. The number of hydrogen-bond acceptors (Lipinski definition) is 8. The van der Waals surface area contributed by atoms with Crippen molar-refractivity contribution < 1.29 is 47.1 Å². The molecule has 11 heteroatoms. The first-order valence-corrected chi connectivity index (χ1v) is 10.5. The maximum atomic E-state index is 8.34. The molecule has 124 valence electrons. The molecule has 0 atom stereocenters. The molecule has 0 aromatic rings. The molecule has 0 aliphatic carbocycles. The summed E-state index contributed by atoms with van der Waals surface area (Å²) in [7, 11) is 9.75. The molecule has 8 nitrogen and oxygen atoms in total. The third kappa shape index (κ3) is 15.2. The number of halogens is 2. The number of nitrogens with two attached hydrogens (primary N) is 2. The minimum absolute atomic E-state index is 0.403. The van der Waals surface area contributed by atoms with Gasteiger partial charge in [0.05, 0.1) is 50.7 Å². The summed E-state index contributed by atoms with van der Waals surface area (Å²) in [5, 5.41) is 50.0. The maximum absolute atomic E-state index is 8.34. The van der Waals surface area contributed by atoms with Crippen LogP contribution in [0.2, 0.25) is 0 Å². The van der Waals surface area contributed by atoms with Crippen LogP contribution in [0.1, 0.15) is 0 Å². The Balaban J connectivity index is -0.000000224. The van der Waals surface area contributed by atoms with Gasteiger partial charge in [-0.05, 0) is 0 Å². The van der Waals surface area contributed by atoms with Gasteiger partial charge in [-0.2, -0.15) is 0 Å². The van der Waals surface area contributed by atoms with Gasteiger partial charge in [0, 0.05) is 0 Å². The van der Waals surface area contributed by atoms with Crippen LogP contribution in [0.3, 0.4) is 0 Å². The van der Waals surface area contributed by atoms with Crippen molar-refractivity contribution >= 4 is 18.8 Å². The van der Waals surface area contributed by atoms with Gasteiger partial charge in [-0.1, -0.05) is 0 Å². The van der Waals surface area contributed by atoms with E-state index in [0.29, 0.717) is 0 Å². The fraction of sp³-hybridized carbons (Fsp3) is 1.00. The molecule has 0 rings (SSSR count). The topological polar surface area (TPSA) is 173 Å². The zero-order chi connectivity index (χ0) is 15.9. The zero-order valence-corrected chi connectivity index (χ0v) is 13.9. The monoisotopic (exact) mass is 507 g/mol. The third-order valence-electron chi connectivity index (χ3n) is 1.89. The summed E-state index contributed by atoms with van der Waals surface area (Å²) in [6.07, 6.45) is 0. The van der Waals surface area contributed by atoms with Gasteiger partial charge in [-0.3, -0.25) is 0 Å². The van der Waals surface area contributed by atoms with Gasteiger partial charge < -0.3 is 42.1 Å². The second-order valence-electron chi connectivity index (χ2n) is 3.72. The van der Waals surface area contributed by atoms with Gasteiger partial charge in [-0.15, -0.1) is 0 Å². The zero-order valence-electron chi connectivity index (χ0n) is 10.2. The van der Waals surface area contributed by atoms with E-state index in [2.05, 4.69) is 0 Å². The molecule has 0 aliphatic rings. The SMILES string of the molecule is NC(CO)(CO)CO.NC(CO)(CO)CO.[Cl][Pt][Cl]. The van der Waals surface area contributed by atoms with Crippen LogP contribution in [0.15, 0.2) is 0 Å². The van der Waals surface area contributed by atoms with E-state index in [9.17, 15) is 0 Å². The Kier molecular flexibility index (Phi) is 20.1. The molecule has 0 heterocycles. The van der Waals surface area contributed by atoms with Crippen LogP contribution >= 0.6 is 18.8 Å². The van der Waals surface area contributed by atoms with Crippen molar-refractivity contribution in [1.82, 2.24) is 0 Å². The summed E-state index contributed by atoms with van der Waals surface area (Å²) in [6.45, 7) is -2.42. The molecule has 0 saturated heterocycles. The van der Waals surface area contributed by atoms with E-state index in [1.165, 1.54) is 0 Å². The molecule has 0 saturated carbocycles. The average molecular weight is 508 g/mol. The summed E-state index contributed by atoms with van der Waals surface area (Å²) in [5.74, 6) is 0. The number of hydrogen-bond donors (Lipinski definition) is 8. The number of rotatable bonds is 6. The molecule has 0 fully saturated rings. The van der Waals surface area contributed by atoms with Gasteiger partial charge in [0.15, 0.2) is 0 Å². The summed E-state index contributed by atoms with van der Waals surface area (Å²) >= 11 is -0.472. The van der Waals surface area contributed by atoms with Crippen molar-refractivity contribution in [1.29, 1.82) is 0 Å². The first-order chi connectivity index (χ1) is 8.78. The standard InChI is InChI=1S/2C4H11NO3.2ClH.Pt/c2*5-4(1-6,2-7)3-8;;;/h2*6-8H,1-3,5H2;2*1H;/q;;;;+2/p-2. The van der Waals surface area contributed by atoms with Crippen LogP contribution in [0, 0.1) is 0 Å².